The van der Waals surface area contributed by atoms with Crippen molar-refractivity contribution in [2.75, 3.05) is 21.3 Å². The van der Waals surface area contributed by atoms with Gasteiger partial charge >= 0.3 is 0 Å². The van der Waals surface area contributed by atoms with E-state index in [-0.39, 0.29) is 0 Å². The van der Waals surface area contributed by atoms with Crippen molar-refractivity contribution in [1.29, 1.82) is 0 Å². The molecule has 0 aliphatic carbocycles. The second-order valence-electron chi connectivity index (χ2n) is 5.30. The number of thiophene rings is 1. The Bertz CT molecular complexity index is 965. The smallest absolute Gasteiger partial charge is 0.201 e. The lowest BCUT2D eigenvalue weighted by Crippen LogP contribution is -1.94. The van der Waals surface area contributed by atoms with Crippen LogP contribution in [0.4, 0.5) is 0 Å². The van der Waals surface area contributed by atoms with Gasteiger partial charge in [0.1, 0.15) is 5.01 Å². The highest BCUT2D eigenvalue weighted by Crippen LogP contribution is 2.41. The Morgan fingerprint density at radius 3 is 2.42 bits per heavy atom. The number of aromatic nitrogens is 1. The van der Waals surface area contributed by atoms with E-state index in [4.69, 9.17) is 43.0 Å². The molecule has 0 saturated heterocycles. The SMILES string of the molecule is COC(=S)c1cc(-c2nc(-c3cc(OC)c(OC)cc3Cl)cs2)c(C)s1. The van der Waals surface area contributed by atoms with Gasteiger partial charge < -0.3 is 14.2 Å². The molecule has 2 aromatic heterocycles. The standard InChI is InChI=1S/C18H16ClNO3S3/c1-9-10(6-16(26-9)18(24)23-4)17-20-13(8-25-17)11-5-14(21-2)15(22-3)7-12(11)19/h5-8H,1-4H3. The molecule has 3 rings (SSSR count). The summed E-state index contributed by atoms with van der Waals surface area (Å²) in [5.41, 5.74) is 2.64. The van der Waals surface area contributed by atoms with Gasteiger partial charge in [-0.05, 0) is 31.3 Å². The van der Waals surface area contributed by atoms with Crippen molar-refractivity contribution in [3.8, 4) is 33.3 Å². The van der Waals surface area contributed by atoms with E-state index < -0.39 is 0 Å². The summed E-state index contributed by atoms with van der Waals surface area (Å²) in [6.07, 6.45) is 0. The van der Waals surface area contributed by atoms with Crippen LogP contribution in [-0.4, -0.2) is 31.4 Å². The molecular formula is C18H16ClNO3S3. The van der Waals surface area contributed by atoms with Gasteiger partial charge in [-0.1, -0.05) is 11.6 Å². The second-order valence-corrected chi connectivity index (χ2v) is 8.19. The maximum atomic E-state index is 6.42. The first-order valence-corrected chi connectivity index (χ1v) is 10.0. The second kappa shape index (κ2) is 7.92. The molecule has 8 heteroatoms. The van der Waals surface area contributed by atoms with E-state index in [0.29, 0.717) is 21.6 Å². The molecule has 0 radical (unpaired) electrons. The van der Waals surface area contributed by atoms with Crippen LogP contribution in [-0.2, 0) is 4.74 Å². The van der Waals surface area contributed by atoms with Crippen LogP contribution >= 0.6 is 46.5 Å². The Kier molecular flexibility index (Phi) is 5.82. The molecule has 0 fully saturated rings. The molecule has 0 amide bonds. The lowest BCUT2D eigenvalue weighted by atomic mass is 10.1. The van der Waals surface area contributed by atoms with E-state index in [2.05, 4.69) is 0 Å². The number of thiocarbonyl (C=S) groups is 1. The number of hydrogen-bond acceptors (Lipinski definition) is 7. The van der Waals surface area contributed by atoms with Crippen LogP contribution < -0.4 is 9.47 Å². The molecule has 0 atom stereocenters. The Morgan fingerprint density at radius 1 is 1.08 bits per heavy atom. The number of benzene rings is 1. The van der Waals surface area contributed by atoms with Gasteiger partial charge in [0.25, 0.3) is 0 Å². The Balaban J connectivity index is 2.01. The Labute approximate surface area is 170 Å². The van der Waals surface area contributed by atoms with Crippen LogP contribution in [0.3, 0.4) is 0 Å². The molecule has 0 N–H and O–H groups in total. The molecule has 26 heavy (non-hydrogen) atoms. The summed E-state index contributed by atoms with van der Waals surface area (Å²) in [6, 6.07) is 5.59. The van der Waals surface area contributed by atoms with E-state index >= 15 is 0 Å². The Hall–Kier alpha value is -1.67. The maximum Gasteiger partial charge on any atom is 0.201 e. The molecule has 0 bridgehead atoms. The first-order valence-electron chi connectivity index (χ1n) is 7.55. The number of nitrogens with zero attached hydrogens (tertiary/aromatic N) is 1. The van der Waals surface area contributed by atoms with Gasteiger partial charge in [-0.2, -0.15) is 0 Å². The zero-order valence-electron chi connectivity index (χ0n) is 14.6. The van der Waals surface area contributed by atoms with Crippen molar-refractivity contribution in [1.82, 2.24) is 4.98 Å². The molecule has 2 heterocycles. The summed E-state index contributed by atoms with van der Waals surface area (Å²) >= 11 is 14.8. The molecular weight excluding hydrogens is 410 g/mol. The van der Waals surface area contributed by atoms with Crippen molar-refractivity contribution in [2.45, 2.75) is 6.92 Å². The van der Waals surface area contributed by atoms with Gasteiger partial charge in [0, 0.05) is 27.5 Å². The summed E-state index contributed by atoms with van der Waals surface area (Å²) in [4.78, 5) is 6.83. The summed E-state index contributed by atoms with van der Waals surface area (Å²) in [5, 5.41) is 3.94. The van der Waals surface area contributed by atoms with E-state index in [1.54, 1.807) is 50.1 Å². The minimum absolute atomic E-state index is 0.490. The molecule has 0 unspecified atom stereocenters. The summed E-state index contributed by atoms with van der Waals surface area (Å²) in [6.45, 7) is 2.05. The molecule has 3 aromatic rings. The predicted octanol–water partition coefficient (Wildman–Crippen LogP) is 5.84. The largest absolute Gasteiger partial charge is 0.493 e. The van der Waals surface area contributed by atoms with Crippen LogP contribution in [0.25, 0.3) is 21.8 Å². The summed E-state index contributed by atoms with van der Waals surface area (Å²) in [5.74, 6) is 1.20. The van der Waals surface area contributed by atoms with Gasteiger partial charge in [-0.25, -0.2) is 4.98 Å². The van der Waals surface area contributed by atoms with Gasteiger partial charge in [0.2, 0.25) is 5.05 Å². The first-order chi connectivity index (χ1) is 12.5. The van der Waals surface area contributed by atoms with Gasteiger partial charge in [-0.15, -0.1) is 22.7 Å². The molecule has 0 aliphatic rings. The molecule has 0 spiro atoms. The molecule has 136 valence electrons. The zero-order valence-corrected chi connectivity index (χ0v) is 17.8. The minimum atomic E-state index is 0.490. The third-order valence-corrected chi connectivity index (χ3v) is 6.54. The summed E-state index contributed by atoms with van der Waals surface area (Å²) in [7, 11) is 4.75. The van der Waals surface area contributed by atoms with Crippen LogP contribution in [0.5, 0.6) is 11.5 Å². The number of halogens is 1. The predicted molar refractivity (Wildman–Crippen MR) is 112 cm³/mol. The van der Waals surface area contributed by atoms with Gasteiger partial charge in [-0.3, -0.25) is 0 Å². The molecule has 1 aromatic carbocycles. The van der Waals surface area contributed by atoms with Crippen LogP contribution in [0.2, 0.25) is 5.02 Å². The normalized spacial score (nSPS) is 10.7. The monoisotopic (exact) mass is 425 g/mol. The summed E-state index contributed by atoms with van der Waals surface area (Å²) < 4.78 is 15.8. The van der Waals surface area contributed by atoms with E-state index in [1.807, 2.05) is 24.4 Å². The highest BCUT2D eigenvalue weighted by atomic mass is 35.5. The zero-order chi connectivity index (χ0) is 18.8. The first kappa shape index (κ1) is 19.1. The third-order valence-electron chi connectivity index (χ3n) is 3.79. The highest BCUT2D eigenvalue weighted by molar-refractivity contribution is 7.80. The lowest BCUT2D eigenvalue weighted by Gasteiger charge is -2.10. The number of ether oxygens (including phenoxy) is 3. The van der Waals surface area contributed by atoms with Gasteiger partial charge in [0.05, 0.1) is 36.9 Å². The number of hydrogen-bond donors (Lipinski definition) is 0. The van der Waals surface area contributed by atoms with E-state index in [0.717, 1.165) is 31.6 Å². The van der Waals surface area contributed by atoms with Crippen LogP contribution in [0.1, 0.15) is 9.75 Å². The Morgan fingerprint density at radius 2 is 1.77 bits per heavy atom. The number of thiazole rings is 1. The van der Waals surface area contributed by atoms with E-state index in [9.17, 15) is 0 Å². The topological polar surface area (TPSA) is 40.6 Å². The average molecular weight is 426 g/mol. The number of aryl methyl sites for hydroxylation is 1. The van der Waals surface area contributed by atoms with Crippen molar-refractivity contribution >= 4 is 51.5 Å². The van der Waals surface area contributed by atoms with Crippen molar-refractivity contribution in [3.05, 3.63) is 38.4 Å². The van der Waals surface area contributed by atoms with Gasteiger partial charge in [0.15, 0.2) is 11.5 Å². The quantitative estimate of drug-likeness (QED) is 0.480. The average Bonchev–Trinajstić information content (AvgIpc) is 3.27. The van der Waals surface area contributed by atoms with E-state index in [1.165, 1.54) is 0 Å². The molecule has 4 nitrogen and oxygen atoms in total. The molecule has 0 saturated carbocycles. The number of rotatable bonds is 5. The van der Waals surface area contributed by atoms with Crippen molar-refractivity contribution in [2.24, 2.45) is 0 Å². The molecule has 0 aliphatic heterocycles. The fourth-order valence-electron chi connectivity index (χ4n) is 2.47. The van der Waals surface area contributed by atoms with Crippen molar-refractivity contribution < 1.29 is 14.2 Å². The fourth-order valence-corrected chi connectivity index (χ4v) is 4.80. The lowest BCUT2D eigenvalue weighted by molar-refractivity contribution is 0.355. The van der Waals surface area contributed by atoms with Crippen LogP contribution in [0, 0.1) is 6.92 Å². The minimum Gasteiger partial charge on any atom is -0.493 e. The maximum absolute atomic E-state index is 6.42. The number of methoxy groups -OCH3 is 3. The third kappa shape index (κ3) is 3.57. The van der Waals surface area contributed by atoms with Crippen LogP contribution in [0.15, 0.2) is 23.6 Å². The highest BCUT2D eigenvalue weighted by Gasteiger charge is 2.17. The fraction of sp³-hybridized carbons (Fsp3) is 0.222. The van der Waals surface area contributed by atoms with Crippen molar-refractivity contribution in [3.63, 3.8) is 0 Å².